The molecule has 0 unspecified atom stereocenters. The van der Waals surface area contributed by atoms with Crippen molar-refractivity contribution in [3.63, 3.8) is 0 Å². The second kappa shape index (κ2) is 8.07. The highest BCUT2D eigenvalue weighted by molar-refractivity contribution is 7.80. The molecule has 1 fully saturated rings. The minimum absolute atomic E-state index is 0.0740. The van der Waals surface area contributed by atoms with Crippen molar-refractivity contribution < 1.29 is 9.53 Å². The second-order valence-corrected chi connectivity index (χ2v) is 5.53. The molecule has 0 bridgehead atoms. The summed E-state index contributed by atoms with van der Waals surface area (Å²) in [5.74, 6) is -0.0740. The lowest BCUT2D eigenvalue weighted by Crippen LogP contribution is -2.41. The van der Waals surface area contributed by atoms with Crippen LogP contribution in [0.15, 0.2) is 24.3 Å². The van der Waals surface area contributed by atoms with E-state index in [0.29, 0.717) is 23.5 Å². The van der Waals surface area contributed by atoms with Crippen molar-refractivity contribution in [2.75, 3.05) is 39.4 Å². The average molecular weight is 307 g/mol. The Hall–Kier alpha value is -1.50. The molecule has 1 heterocycles. The smallest absolute Gasteiger partial charge is 0.251 e. The average Bonchev–Trinajstić information content (AvgIpc) is 2.48. The van der Waals surface area contributed by atoms with E-state index in [2.05, 4.69) is 10.2 Å². The summed E-state index contributed by atoms with van der Waals surface area (Å²) in [6, 6.07) is 7.42. The summed E-state index contributed by atoms with van der Waals surface area (Å²) in [5.41, 5.74) is 7.09. The first kappa shape index (κ1) is 15.9. The van der Waals surface area contributed by atoms with E-state index in [1.165, 1.54) is 0 Å². The van der Waals surface area contributed by atoms with Crippen molar-refractivity contribution in [3.05, 3.63) is 35.4 Å². The van der Waals surface area contributed by atoms with Crippen molar-refractivity contribution in [3.8, 4) is 0 Å². The highest BCUT2D eigenvalue weighted by Crippen LogP contribution is 2.09. The van der Waals surface area contributed by atoms with Gasteiger partial charge in [-0.3, -0.25) is 9.69 Å². The van der Waals surface area contributed by atoms with E-state index < -0.39 is 0 Å². The third kappa shape index (κ3) is 5.08. The first-order valence-electron chi connectivity index (χ1n) is 7.11. The SMILES string of the molecule is NC(=S)Cc1ccccc1C(=O)NCCN1CCOCC1. The Balaban J connectivity index is 1.86. The first-order chi connectivity index (χ1) is 10.2. The largest absolute Gasteiger partial charge is 0.393 e. The van der Waals surface area contributed by atoms with Gasteiger partial charge in [-0.15, -0.1) is 0 Å². The van der Waals surface area contributed by atoms with Crippen LogP contribution in [0.25, 0.3) is 0 Å². The van der Waals surface area contributed by atoms with E-state index in [1.807, 2.05) is 18.2 Å². The Labute approximate surface area is 130 Å². The number of hydrogen-bond donors (Lipinski definition) is 2. The highest BCUT2D eigenvalue weighted by Gasteiger charge is 2.13. The molecule has 5 nitrogen and oxygen atoms in total. The van der Waals surface area contributed by atoms with Crippen molar-refractivity contribution in [2.45, 2.75) is 6.42 Å². The van der Waals surface area contributed by atoms with E-state index in [1.54, 1.807) is 6.07 Å². The van der Waals surface area contributed by atoms with Gasteiger partial charge in [0.1, 0.15) is 0 Å². The Kier molecular flexibility index (Phi) is 6.10. The molecule has 2 rings (SSSR count). The van der Waals surface area contributed by atoms with E-state index in [4.69, 9.17) is 22.7 Å². The van der Waals surface area contributed by atoms with Gasteiger partial charge in [-0.05, 0) is 11.6 Å². The van der Waals surface area contributed by atoms with Crippen LogP contribution in [0.2, 0.25) is 0 Å². The van der Waals surface area contributed by atoms with Gasteiger partial charge in [-0.1, -0.05) is 30.4 Å². The van der Waals surface area contributed by atoms with Crippen LogP contribution in [0, 0.1) is 0 Å². The second-order valence-electron chi connectivity index (χ2n) is 5.01. The standard InChI is InChI=1S/C15H21N3O2S/c16-14(21)11-12-3-1-2-4-13(12)15(19)17-5-6-18-7-9-20-10-8-18/h1-4H,5-11H2,(H2,16,21)(H,17,19). The van der Waals surface area contributed by atoms with Crippen molar-refractivity contribution >= 4 is 23.1 Å². The van der Waals surface area contributed by atoms with Gasteiger partial charge in [-0.25, -0.2) is 0 Å². The zero-order valence-corrected chi connectivity index (χ0v) is 12.8. The summed E-state index contributed by atoms with van der Waals surface area (Å²) >= 11 is 4.92. The lowest BCUT2D eigenvalue weighted by molar-refractivity contribution is 0.0383. The van der Waals surface area contributed by atoms with Gasteiger partial charge in [0.15, 0.2) is 0 Å². The Morgan fingerprint density at radius 2 is 2.05 bits per heavy atom. The van der Waals surface area contributed by atoms with Gasteiger partial charge in [0.2, 0.25) is 0 Å². The molecule has 0 spiro atoms. The van der Waals surface area contributed by atoms with E-state index >= 15 is 0 Å². The van der Waals surface area contributed by atoms with Gasteiger partial charge >= 0.3 is 0 Å². The monoisotopic (exact) mass is 307 g/mol. The molecule has 0 saturated carbocycles. The summed E-state index contributed by atoms with van der Waals surface area (Å²) in [4.78, 5) is 14.9. The Morgan fingerprint density at radius 1 is 1.33 bits per heavy atom. The maximum Gasteiger partial charge on any atom is 0.251 e. The van der Waals surface area contributed by atoms with Crippen molar-refractivity contribution in [1.82, 2.24) is 10.2 Å². The fourth-order valence-electron chi connectivity index (χ4n) is 2.33. The van der Waals surface area contributed by atoms with Crippen molar-refractivity contribution in [1.29, 1.82) is 0 Å². The predicted molar refractivity (Wildman–Crippen MR) is 86.5 cm³/mol. The van der Waals surface area contributed by atoms with Crippen LogP contribution in [-0.4, -0.2) is 55.2 Å². The number of carbonyl (C=O) groups is 1. The number of nitrogens with zero attached hydrogens (tertiary/aromatic N) is 1. The van der Waals surface area contributed by atoms with Crippen molar-refractivity contribution in [2.24, 2.45) is 5.73 Å². The summed E-state index contributed by atoms with van der Waals surface area (Å²) in [7, 11) is 0. The number of rotatable bonds is 6. The van der Waals surface area contributed by atoms with E-state index in [-0.39, 0.29) is 5.91 Å². The van der Waals surface area contributed by atoms with Gasteiger partial charge in [0.05, 0.1) is 18.2 Å². The summed E-state index contributed by atoms with van der Waals surface area (Å²) in [6.45, 7) is 4.85. The fraction of sp³-hybridized carbons (Fsp3) is 0.467. The minimum atomic E-state index is -0.0740. The number of thiocarbonyl (C=S) groups is 1. The van der Waals surface area contributed by atoms with Gasteiger partial charge < -0.3 is 15.8 Å². The molecule has 3 N–H and O–H groups in total. The lowest BCUT2D eigenvalue weighted by atomic mass is 10.0. The van der Waals surface area contributed by atoms with Crippen LogP contribution >= 0.6 is 12.2 Å². The normalized spacial score (nSPS) is 15.6. The molecule has 0 aromatic heterocycles. The molecule has 1 aliphatic rings. The summed E-state index contributed by atoms with van der Waals surface area (Å²) in [6.07, 6.45) is 0.447. The maximum atomic E-state index is 12.3. The van der Waals surface area contributed by atoms with Crippen LogP contribution in [0.4, 0.5) is 0 Å². The molecule has 21 heavy (non-hydrogen) atoms. The molecule has 1 aromatic carbocycles. The van der Waals surface area contributed by atoms with Crippen LogP contribution in [0.1, 0.15) is 15.9 Å². The molecular formula is C15H21N3O2S. The number of benzene rings is 1. The van der Waals surface area contributed by atoms with Crippen LogP contribution in [0.5, 0.6) is 0 Å². The fourth-order valence-corrected chi connectivity index (χ4v) is 2.49. The van der Waals surface area contributed by atoms with Crippen LogP contribution < -0.4 is 11.1 Å². The molecule has 6 heteroatoms. The number of hydrogen-bond acceptors (Lipinski definition) is 4. The number of carbonyl (C=O) groups excluding carboxylic acids is 1. The molecule has 0 atom stereocenters. The predicted octanol–water partition coefficient (Wildman–Crippen LogP) is 0.577. The summed E-state index contributed by atoms with van der Waals surface area (Å²) in [5, 5.41) is 2.95. The summed E-state index contributed by atoms with van der Waals surface area (Å²) < 4.78 is 5.30. The molecule has 114 valence electrons. The number of nitrogens with one attached hydrogen (secondary N) is 1. The molecule has 1 aliphatic heterocycles. The lowest BCUT2D eigenvalue weighted by Gasteiger charge is -2.26. The Morgan fingerprint density at radius 3 is 2.76 bits per heavy atom. The Bertz CT molecular complexity index is 501. The minimum Gasteiger partial charge on any atom is -0.393 e. The van der Waals surface area contributed by atoms with Crippen LogP contribution in [0.3, 0.4) is 0 Å². The highest BCUT2D eigenvalue weighted by atomic mass is 32.1. The topological polar surface area (TPSA) is 67.6 Å². The number of amides is 1. The van der Waals surface area contributed by atoms with Gasteiger partial charge in [0, 0.05) is 38.2 Å². The molecule has 1 saturated heterocycles. The van der Waals surface area contributed by atoms with Crippen LogP contribution in [-0.2, 0) is 11.2 Å². The van der Waals surface area contributed by atoms with E-state index in [9.17, 15) is 4.79 Å². The van der Waals surface area contributed by atoms with Gasteiger partial charge in [-0.2, -0.15) is 0 Å². The zero-order chi connectivity index (χ0) is 15.1. The quantitative estimate of drug-likeness (QED) is 0.753. The third-order valence-corrected chi connectivity index (χ3v) is 3.59. The molecule has 0 aliphatic carbocycles. The molecule has 1 amide bonds. The number of ether oxygens (including phenoxy) is 1. The molecule has 1 aromatic rings. The zero-order valence-electron chi connectivity index (χ0n) is 12.0. The first-order valence-corrected chi connectivity index (χ1v) is 7.52. The maximum absolute atomic E-state index is 12.3. The van der Waals surface area contributed by atoms with Gasteiger partial charge in [0.25, 0.3) is 5.91 Å². The third-order valence-electron chi connectivity index (χ3n) is 3.44. The molecule has 0 radical (unpaired) electrons. The number of nitrogens with two attached hydrogens (primary N) is 1. The van der Waals surface area contributed by atoms with E-state index in [0.717, 1.165) is 38.4 Å². The molecular weight excluding hydrogens is 286 g/mol. The number of morpholine rings is 1.